The minimum absolute atomic E-state index is 0.0705. The van der Waals surface area contributed by atoms with Gasteiger partial charge in [-0.1, -0.05) is 26.0 Å². The minimum atomic E-state index is -0.521. The average molecular weight is 297 g/mol. The maximum atomic E-state index is 12.8. The molecule has 1 rings (SSSR count). The van der Waals surface area contributed by atoms with Crippen molar-refractivity contribution >= 4 is 0 Å². The van der Waals surface area contributed by atoms with Crippen molar-refractivity contribution in [2.75, 3.05) is 19.8 Å². The molecule has 1 aromatic carbocycles. The summed E-state index contributed by atoms with van der Waals surface area (Å²) in [4.78, 5) is 0. The van der Waals surface area contributed by atoms with Crippen LogP contribution in [0.25, 0.3) is 0 Å². The van der Waals surface area contributed by atoms with Crippen LogP contribution in [-0.2, 0) is 4.74 Å². The van der Waals surface area contributed by atoms with Gasteiger partial charge in [-0.15, -0.1) is 0 Å². The van der Waals surface area contributed by atoms with Gasteiger partial charge in [-0.25, -0.2) is 4.39 Å². The number of halogens is 1. The van der Waals surface area contributed by atoms with Crippen molar-refractivity contribution in [1.29, 1.82) is 0 Å². The van der Waals surface area contributed by atoms with Crippen molar-refractivity contribution < 1.29 is 14.2 Å². The summed E-state index contributed by atoms with van der Waals surface area (Å²) in [5.41, 5.74) is 1.00. The maximum Gasteiger partial charge on any atom is 0.123 e. The summed E-state index contributed by atoms with van der Waals surface area (Å²) in [5.74, 6) is 0.456. The Bertz CT molecular complexity index is 381. The molecule has 0 spiro atoms. The second-order valence-corrected chi connectivity index (χ2v) is 5.95. The van der Waals surface area contributed by atoms with Gasteiger partial charge in [-0.3, -0.25) is 0 Å². The largest absolute Gasteiger partial charge is 0.389 e. The Kier molecular flexibility index (Phi) is 8.50. The summed E-state index contributed by atoms with van der Waals surface area (Å²) in [6, 6.07) is 6.47. The lowest BCUT2D eigenvalue weighted by atomic mass is 10.1. The lowest BCUT2D eigenvalue weighted by Gasteiger charge is -2.17. The predicted octanol–water partition coefficient (Wildman–Crippen LogP) is 3.29. The van der Waals surface area contributed by atoms with E-state index in [-0.39, 0.29) is 11.9 Å². The number of hydrogen-bond donors (Lipinski definition) is 2. The topological polar surface area (TPSA) is 41.5 Å². The normalized spacial score (nSPS) is 14.4. The molecule has 0 heterocycles. The molecule has 0 radical (unpaired) electrons. The first-order chi connectivity index (χ1) is 9.99. The van der Waals surface area contributed by atoms with Crippen LogP contribution in [0.15, 0.2) is 24.3 Å². The summed E-state index contributed by atoms with van der Waals surface area (Å²) in [6.45, 7) is 7.88. The van der Waals surface area contributed by atoms with Crippen LogP contribution in [0.1, 0.15) is 45.2 Å². The molecule has 2 N–H and O–H groups in total. The monoisotopic (exact) mass is 297 g/mol. The second kappa shape index (κ2) is 9.87. The third kappa shape index (κ3) is 8.15. The van der Waals surface area contributed by atoms with Gasteiger partial charge >= 0.3 is 0 Å². The molecule has 1 aromatic rings. The zero-order valence-corrected chi connectivity index (χ0v) is 13.3. The van der Waals surface area contributed by atoms with Crippen LogP contribution in [0.3, 0.4) is 0 Å². The zero-order valence-electron chi connectivity index (χ0n) is 13.3. The van der Waals surface area contributed by atoms with Crippen molar-refractivity contribution in [3.8, 4) is 0 Å². The van der Waals surface area contributed by atoms with Gasteiger partial charge in [0.25, 0.3) is 0 Å². The number of ether oxygens (including phenoxy) is 1. The van der Waals surface area contributed by atoms with Crippen molar-refractivity contribution in [3.63, 3.8) is 0 Å². The third-order valence-corrected chi connectivity index (χ3v) is 3.41. The number of rotatable bonds is 10. The van der Waals surface area contributed by atoms with Crippen molar-refractivity contribution in [2.45, 2.75) is 45.8 Å². The van der Waals surface area contributed by atoms with E-state index in [1.165, 1.54) is 12.1 Å². The summed E-state index contributed by atoms with van der Waals surface area (Å²) in [5, 5.41) is 13.1. The fraction of sp³-hybridized carbons (Fsp3) is 0.647. The van der Waals surface area contributed by atoms with Crippen LogP contribution in [0.2, 0.25) is 0 Å². The molecule has 3 nitrogen and oxygen atoms in total. The highest BCUT2D eigenvalue weighted by atomic mass is 19.1. The van der Waals surface area contributed by atoms with E-state index in [9.17, 15) is 9.50 Å². The SMILES string of the molecule is CC(C)CCCOCC(O)CN[C@@H](C)c1ccc(F)cc1. The fourth-order valence-corrected chi connectivity index (χ4v) is 2.05. The summed E-state index contributed by atoms with van der Waals surface area (Å²) in [6.07, 6.45) is 1.66. The van der Waals surface area contributed by atoms with Gasteiger partial charge in [0.1, 0.15) is 5.82 Å². The Balaban J connectivity index is 2.14. The van der Waals surface area contributed by atoms with Gasteiger partial charge in [0.15, 0.2) is 0 Å². The summed E-state index contributed by atoms with van der Waals surface area (Å²) < 4.78 is 18.3. The minimum Gasteiger partial charge on any atom is -0.389 e. The predicted molar refractivity (Wildman–Crippen MR) is 83.7 cm³/mol. The third-order valence-electron chi connectivity index (χ3n) is 3.41. The van der Waals surface area contributed by atoms with E-state index in [0.717, 1.165) is 18.4 Å². The molecule has 1 unspecified atom stereocenters. The van der Waals surface area contributed by atoms with Crippen molar-refractivity contribution in [2.24, 2.45) is 5.92 Å². The molecule has 0 aliphatic rings. The number of hydrogen-bond acceptors (Lipinski definition) is 3. The van der Waals surface area contributed by atoms with Gasteiger partial charge < -0.3 is 15.2 Å². The average Bonchev–Trinajstić information content (AvgIpc) is 2.44. The highest BCUT2D eigenvalue weighted by Crippen LogP contribution is 2.12. The highest BCUT2D eigenvalue weighted by Gasteiger charge is 2.09. The van der Waals surface area contributed by atoms with E-state index < -0.39 is 6.10 Å². The molecular formula is C17H28FNO2. The number of aliphatic hydroxyl groups is 1. The van der Waals surface area contributed by atoms with E-state index in [4.69, 9.17) is 4.74 Å². The molecular weight excluding hydrogens is 269 g/mol. The molecule has 0 aliphatic heterocycles. The van der Waals surface area contributed by atoms with Crippen molar-refractivity contribution in [1.82, 2.24) is 5.32 Å². The Morgan fingerprint density at radius 2 is 1.86 bits per heavy atom. The lowest BCUT2D eigenvalue weighted by Crippen LogP contribution is -2.32. The van der Waals surface area contributed by atoms with Crippen LogP contribution >= 0.6 is 0 Å². The highest BCUT2D eigenvalue weighted by molar-refractivity contribution is 5.19. The van der Waals surface area contributed by atoms with Gasteiger partial charge in [-0.2, -0.15) is 0 Å². The Morgan fingerprint density at radius 3 is 2.48 bits per heavy atom. The van der Waals surface area contributed by atoms with E-state index in [0.29, 0.717) is 25.7 Å². The van der Waals surface area contributed by atoms with Crippen molar-refractivity contribution in [3.05, 3.63) is 35.6 Å². The lowest BCUT2D eigenvalue weighted by molar-refractivity contribution is 0.0337. The molecule has 0 fully saturated rings. The molecule has 0 amide bonds. The standard InChI is InChI=1S/C17H28FNO2/c1-13(2)5-4-10-21-12-17(20)11-19-14(3)15-6-8-16(18)9-7-15/h6-9,13-14,17,19-20H,4-5,10-12H2,1-3H3/t14-,17?/m0/s1. The molecule has 0 aliphatic carbocycles. The van der Waals surface area contributed by atoms with Gasteiger partial charge in [-0.05, 0) is 43.4 Å². The number of nitrogens with one attached hydrogen (secondary N) is 1. The first kappa shape index (κ1) is 18.1. The molecule has 120 valence electrons. The first-order valence-corrected chi connectivity index (χ1v) is 7.73. The fourth-order valence-electron chi connectivity index (χ4n) is 2.05. The molecule has 4 heteroatoms. The number of benzene rings is 1. The zero-order chi connectivity index (χ0) is 15.7. The van der Waals surface area contributed by atoms with Crippen LogP contribution in [-0.4, -0.2) is 31.0 Å². The van der Waals surface area contributed by atoms with E-state index in [2.05, 4.69) is 19.2 Å². The van der Waals surface area contributed by atoms with Gasteiger partial charge in [0, 0.05) is 19.2 Å². The Labute approximate surface area is 127 Å². The van der Waals surface area contributed by atoms with Crippen LogP contribution < -0.4 is 5.32 Å². The van der Waals surface area contributed by atoms with Gasteiger partial charge in [0.2, 0.25) is 0 Å². The smallest absolute Gasteiger partial charge is 0.123 e. The van der Waals surface area contributed by atoms with E-state index in [1.54, 1.807) is 12.1 Å². The summed E-state index contributed by atoms with van der Waals surface area (Å²) >= 11 is 0. The molecule has 0 saturated carbocycles. The van der Waals surface area contributed by atoms with Crippen LogP contribution in [0.5, 0.6) is 0 Å². The van der Waals surface area contributed by atoms with E-state index in [1.807, 2.05) is 6.92 Å². The first-order valence-electron chi connectivity index (χ1n) is 7.73. The van der Waals surface area contributed by atoms with Crippen LogP contribution in [0, 0.1) is 11.7 Å². The van der Waals surface area contributed by atoms with Crippen LogP contribution in [0.4, 0.5) is 4.39 Å². The molecule has 2 atom stereocenters. The Morgan fingerprint density at radius 1 is 1.19 bits per heavy atom. The second-order valence-electron chi connectivity index (χ2n) is 5.95. The molecule has 0 bridgehead atoms. The van der Waals surface area contributed by atoms with Gasteiger partial charge in [0.05, 0.1) is 12.7 Å². The Hall–Kier alpha value is -0.970. The molecule has 0 aromatic heterocycles. The molecule has 21 heavy (non-hydrogen) atoms. The van der Waals surface area contributed by atoms with E-state index >= 15 is 0 Å². The summed E-state index contributed by atoms with van der Waals surface area (Å²) in [7, 11) is 0. The maximum absolute atomic E-state index is 12.8. The molecule has 0 saturated heterocycles. The quantitative estimate of drug-likeness (QED) is 0.651. The number of aliphatic hydroxyl groups excluding tert-OH is 1.